The number of fused-ring (bicyclic) bond motifs is 1. The van der Waals surface area contributed by atoms with Crippen LogP contribution in [0, 0.1) is 0 Å². The van der Waals surface area contributed by atoms with Crippen molar-refractivity contribution in [2.75, 3.05) is 5.73 Å². The van der Waals surface area contributed by atoms with Crippen molar-refractivity contribution in [2.45, 2.75) is 31.1 Å². The molecule has 1 aliphatic carbocycles. The van der Waals surface area contributed by atoms with E-state index in [1.807, 2.05) is 30.3 Å². The predicted molar refractivity (Wildman–Crippen MR) is 109 cm³/mol. The molecule has 8 heteroatoms. The molecular weight excluding hydrogens is 444 g/mol. The number of aromatic carboxylic acids is 1. The number of aryl methyl sites for hydroxylation is 1. The van der Waals surface area contributed by atoms with Gasteiger partial charge in [-0.25, -0.2) is 4.79 Å². The first-order valence-electron chi connectivity index (χ1n) is 8.78. The second-order valence-electron chi connectivity index (χ2n) is 6.85. The Labute approximate surface area is 173 Å². The topological polar surface area (TPSA) is 106 Å². The molecule has 3 N–H and O–H groups in total. The van der Waals surface area contributed by atoms with Crippen molar-refractivity contribution in [3.63, 3.8) is 0 Å². The Balaban J connectivity index is 1.77. The average Bonchev–Trinajstić information content (AvgIpc) is 3.25. The van der Waals surface area contributed by atoms with Crippen LogP contribution in [0.2, 0.25) is 0 Å². The highest BCUT2D eigenvalue weighted by atomic mass is 79.9. The third-order valence-corrected chi connectivity index (χ3v) is 6.78. The van der Waals surface area contributed by atoms with Gasteiger partial charge >= 0.3 is 5.97 Å². The molecule has 4 rings (SSSR count). The molecule has 0 bridgehead atoms. The molecule has 6 nitrogen and oxygen atoms in total. The van der Waals surface area contributed by atoms with Gasteiger partial charge in [0, 0.05) is 12.5 Å². The minimum atomic E-state index is -1.08. The number of Topliss-reactive ketones (excluding diaryl/α,β-unsaturated/α-hetero) is 1. The number of nitrogen functional groups attached to an aromatic ring is 1. The Kier molecular flexibility index (Phi) is 4.84. The first-order valence-corrected chi connectivity index (χ1v) is 10.4. The summed E-state index contributed by atoms with van der Waals surface area (Å²) in [6.45, 7) is 0. The van der Waals surface area contributed by atoms with Crippen LogP contribution in [0.3, 0.4) is 0 Å². The van der Waals surface area contributed by atoms with Crippen molar-refractivity contribution < 1.29 is 19.2 Å². The predicted octanol–water partition coefficient (Wildman–Crippen LogP) is 4.48. The number of nitrogens with two attached hydrogens (primary N) is 1. The number of hydrogen-bond donors (Lipinski definition) is 2. The van der Waals surface area contributed by atoms with E-state index in [2.05, 4.69) is 21.1 Å². The maximum absolute atomic E-state index is 13.7. The van der Waals surface area contributed by atoms with Crippen LogP contribution in [0.25, 0.3) is 0 Å². The summed E-state index contributed by atoms with van der Waals surface area (Å²) in [6, 6.07) is 11.4. The number of thiophene rings is 1. The quantitative estimate of drug-likeness (QED) is 0.581. The molecule has 0 fully saturated rings. The van der Waals surface area contributed by atoms with Gasteiger partial charge in [0.25, 0.3) is 0 Å². The number of aromatic nitrogens is 1. The van der Waals surface area contributed by atoms with Gasteiger partial charge in [-0.3, -0.25) is 4.79 Å². The number of benzene rings is 1. The SMILES string of the molecule is Nc1sc2c(c1C(=O)O)CCC(CCc1cc(Br)no1)(c1ccccc1)C2=O. The normalized spacial score (nSPS) is 18.8. The minimum Gasteiger partial charge on any atom is -0.478 e. The average molecular weight is 461 g/mol. The van der Waals surface area contributed by atoms with E-state index in [0.717, 1.165) is 16.9 Å². The van der Waals surface area contributed by atoms with Gasteiger partial charge in [0.1, 0.15) is 15.4 Å². The molecule has 2 aromatic heterocycles. The molecule has 0 saturated heterocycles. The zero-order chi connectivity index (χ0) is 19.9. The van der Waals surface area contributed by atoms with Crippen molar-refractivity contribution in [3.05, 3.63) is 68.3 Å². The van der Waals surface area contributed by atoms with Gasteiger partial charge < -0.3 is 15.4 Å². The summed E-state index contributed by atoms with van der Waals surface area (Å²) in [5, 5.41) is 13.5. The number of hydrogen-bond acceptors (Lipinski definition) is 6. The van der Waals surface area contributed by atoms with Crippen molar-refractivity contribution in [3.8, 4) is 0 Å². The van der Waals surface area contributed by atoms with E-state index in [4.69, 9.17) is 10.3 Å². The second kappa shape index (κ2) is 7.18. The van der Waals surface area contributed by atoms with E-state index in [1.54, 1.807) is 6.07 Å². The number of anilines is 1. The molecule has 1 aliphatic rings. The summed E-state index contributed by atoms with van der Waals surface area (Å²) >= 11 is 4.35. The van der Waals surface area contributed by atoms with Crippen LogP contribution in [0.1, 0.15) is 49.8 Å². The Morgan fingerprint density at radius 2 is 2.11 bits per heavy atom. The number of carboxylic acids is 1. The van der Waals surface area contributed by atoms with E-state index in [0.29, 0.717) is 46.5 Å². The van der Waals surface area contributed by atoms with Crippen LogP contribution < -0.4 is 5.73 Å². The maximum atomic E-state index is 13.7. The van der Waals surface area contributed by atoms with Gasteiger partial charge in [-0.2, -0.15) is 0 Å². The molecule has 1 atom stereocenters. The highest BCUT2D eigenvalue weighted by Gasteiger charge is 2.46. The molecule has 1 aromatic carbocycles. The number of nitrogens with zero attached hydrogens (tertiary/aromatic N) is 1. The largest absolute Gasteiger partial charge is 0.478 e. The Morgan fingerprint density at radius 1 is 1.36 bits per heavy atom. The zero-order valence-electron chi connectivity index (χ0n) is 14.8. The van der Waals surface area contributed by atoms with E-state index in [1.165, 1.54) is 0 Å². The lowest BCUT2D eigenvalue weighted by Gasteiger charge is -2.36. The van der Waals surface area contributed by atoms with E-state index in [-0.39, 0.29) is 16.3 Å². The van der Waals surface area contributed by atoms with Crippen LogP contribution >= 0.6 is 27.3 Å². The van der Waals surface area contributed by atoms with Gasteiger partial charge in [-0.05, 0) is 46.3 Å². The Morgan fingerprint density at radius 3 is 2.75 bits per heavy atom. The van der Waals surface area contributed by atoms with Crippen molar-refractivity contribution in [1.29, 1.82) is 0 Å². The van der Waals surface area contributed by atoms with E-state index in [9.17, 15) is 14.7 Å². The van der Waals surface area contributed by atoms with E-state index < -0.39 is 11.4 Å². The summed E-state index contributed by atoms with van der Waals surface area (Å²) in [7, 11) is 0. The Bertz CT molecular complexity index is 1060. The van der Waals surface area contributed by atoms with Crippen LogP contribution in [-0.4, -0.2) is 22.0 Å². The first-order chi connectivity index (χ1) is 13.4. The molecule has 0 radical (unpaired) electrons. The number of carboxylic acid groups (broad SMARTS) is 1. The van der Waals surface area contributed by atoms with Gasteiger partial charge in [-0.15, -0.1) is 11.3 Å². The van der Waals surface area contributed by atoms with Gasteiger partial charge in [0.2, 0.25) is 0 Å². The summed E-state index contributed by atoms with van der Waals surface area (Å²) < 4.78 is 5.91. The summed E-state index contributed by atoms with van der Waals surface area (Å²) in [4.78, 5) is 25.7. The number of halogens is 1. The summed E-state index contributed by atoms with van der Waals surface area (Å²) in [6.07, 6.45) is 2.10. The third-order valence-electron chi connectivity index (χ3n) is 5.35. The molecule has 1 unspecified atom stereocenters. The highest BCUT2D eigenvalue weighted by molar-refractivity contribution is 9.10. The Hall–Kier alpha value is -2.45. The minimum absolute atomic E-state index is 0.0669. The van der Waals surface area contributed by atoms with Gasteiger partial charge in [0.05, 0.1) is 15.9 Å². The highest BCUT2D eigenvalue weighted by Crippen LogP contribution is 2.46. The number of carbonyl (C=O) groups is 2. The lowest BCUT2D eigenvalue weighted by atomic mass is 9.65. The molecule has 0 amide bonds. The monoisotopic (exact) mass is 460 g/mol. The number of rotatable bonds is 5. The van der Waals surface area contributed by atoms with Crippen molar-refractivity contribution in [2.24, 2.45) is 0 Å². The lowest BCUT2D eigenvalue weighted by Crippen LogP contribution is -2.40. The van der Waals surface area contributed by atoms with Crippen molar-refractivity contribution >= 4 is 44.0 Å². The molecule has 2 heterocycles. The molecule has 0 spiro atoms. The summed E-state index contributed by atoms with van der Waals surface area (Å²) in [5.41, 5.74) is 6.75. The maximum Gasteiger partial charge on any atom is 0.338 e. The van der Waals surface area contributed by atoms with E-state index >= 15 is 0 Å². The summed E-state index contributed by atoms with van der Waals surface area (Å²) in [5.74, 6) is -0.457. The van der Waals surface area contributed by atoms with Crippen LogP contribution in [0.5, 0.6) is 0 Å². The molecule has 28 heavy (non-hydrogen) atoms. The molecule has 144 valence electrons. The second-order valence-corrected chi connectivity index (χ2v) is 8.71. The van der Waals surface area contributed by atoms with Crippen LogP contribution in [-0.2, 0) is 18.3 Å². The van der Waals surface area contributed by atoms with Crippen LogP contribution in [0.4, 0.5) is 5.00 Å². The zero-order valence-corrected chi connectivity index (χ0v) is 17.2. The lowest BCUT2D eigenvalue weighted by molar-refractivity contribution is 0.0697. The molecule has 0 saturated carbocycles. The fourth-order valence-electron chi connectivity index (χ4n) is 3.97. The molecular formula is C20H17BrN2O4S. The van der Waals surface area contributed by atoms with Crippen molar-refractivity contribution in [1.82, 2.24) is 5.16 Å². The van der Waals surface area contributed by atoms with Gasteiger partial charge in [-0.1, -0.05) is 35.5 Å². The molecule has 0 aliphatic heterocycles. The molecule has 3 aromatic rings. The fourth-order valence-corrected chi connectivity index (χ4v) is 5.44. The standard InChI is InChI=1S/C20H17BrN2O4S/c21-14-10-12(27-23-14)6-8-20(11-4-2-1-3-5-11)9-7-13-15(19(25)26)18(22)28-16(13)17(20)24/h1-5,10H,6-9,22H2,(H,25,26). The fraction of sp³-hybridized carbons (Fsp3) is 0.250. The third kappa shape index (κ3) is 3.06. The first kappa shape index (κ1) is 18.9. The number of ketones is 1. The van der Waals surface area contributed by atoms with Gasteiger partial charge in [0.15, 0.2) is 5.78 Å². The van der Waals surface area contributed by atoms with Crippen LogP contribution in [0.15, 0.2) is 45.5 Å². The number of carbonyl (C=O) groups excluding carboxylic acids is 1. The smallest absolute Gasteiger partial charge is 0.338 e.